The normalized spacial score (nSPS) is 25.4. The first-order chi connectivity index (χ1) is 7.84. The fraction of sp³-hybridized carbons (Fsp3) is 0.545. The molecule has 1 aromatic rings. The first kappa shape index (κ1) is 11.6. The lowest BCUT2D eigenvalue weighted by Crippen LogP contribution is -2.17. The molecule has 6 nitrogen and oxygen atoms in total. The Labute approximate surface area is 98.0 Å². The molecule has 0 unspecified atom stereocenters. The minimum absolute atomic E-state index is 0.110. The molecule has 17 heavy (non-hydrogen) atoms. The molecule has 0 aromatic carbocycles. The predicted octanol–water partition coefficient (Wildman–Crippen LogP) is 1.28. The van der Waals surface area contributed by atoms with E-state index >= 15 is 0 Å². The van der Waals surface area contributed by atoms with E-state index in [4.69, 9.17) is 9.52 Å². The van der Waals surface area contributed by atoms with Gasteiger partial charge in [-0.3, -0.25) is 14.9 Å². The van der Waals surface area contributed by atoms with Gasteiger partial charge in [0.25, 0.3) is 0 Å². The van der Waals surface area contributed by atoms with Gasteiger partial charge >= 0.3 is 12.0 Å². The molecule has 1 amide bonds. The lowest BCUT2D eigenvalue weighted by atomic mass is 10.1. The molecule has 1 saturated carbocycles. The number of carbonyl (C=O) groups is 2. The minimum Gasteiger partial charge on any atom is -0.481 e. The number of carboxylic acid groups (broad SMARTS) is 1. The molecule has 0 saturated heterocycles. The number of aromatic nitrogens is 1. The van der Waals surface area contributed by atoms with Gasteiger partial charge in [0, 0.05) is 0 Å². The summed E-state index contributed by atoms with van der Waals surface area (Å²) < 4.78 is 4.99. The van der Waals surface area contributed by atoms with Gasteiger partial charge in [0.05, 0.1) is 17.5 Å². The number of aliphatic carboxylic acids is 1. The third-order valence-electron chi connectivity index (χ3n) is 3.23. The van der Waals surface area contributed by atoms with Crippen LogP contribution in [-0.4, -0.2) is 22.0 Å². The van der Waals surface area contributed by atoms with E-state index in [1.165, 1.54) is 6.26 Å². The van der Waals surface area contributed by atoms with E-state index in [2.05, 4.69) is 10.3 Å². The van der Waals surface area contributed by atoms with Crippen molar-refractivity contribution in [1.82, 2.24) is 4.98 Å². The fourth-order valence-corrected chi connectivity index (χ4v) is 2.18. The Kier molecular flexibility index (Phi) is 2.45. The van der Waals surface area contributed by atoms with Crippen molar-refractivity contribution in [2.24, 2.45) is 17.3 Å². The highest BCUT2D eigenvalue weighted by Crippen LogP contribution is 2.58. The zero-order valence-electron chi connectivity index (χ0n) is 9.85. The summed E-state index contributed by atoms with van der Waals surface area (Å²) in [5.41, 5.74) is 0.141. The molecule has 1 aromatic heterocycles. The summed E-state index contributed by atoms with van der Waals surface area (Å²) in [5, 5.41) is 11.4. The third kappa shape index (κ3) is 1.90. The Morgan fingerprint density at radius 1 is 1.47 bits per heavy atom. The molecule has 0 radical (unpaired) electrons. The van der Waals surface area contributed by atoms with Gasteiger partial charge in [-0.15, -0.1) is 0 Å². The van der Waals surface area contributed by atoms with E-state index in [1.807, 2.05) is 0 Å². The van der Waals surface area contributed by atoms with Gasteiger partial charge < -0.3 is 9.52 Å². The lowest BCUT2D eigenvalue weighted by Gasteiger charge is -2.01. The highest BCUT2D eigenvalue weighted by Gasteiger charge is 2.66. The SMILES string of the molecule is Cc1coc(NC(=O)[C@H]2[C@@H](C(=O)O)C2(C)C)n1. The molecule has 1 aliphatic carbocycles. The molecule has 1 heterocycles. The van der Waals surface area contributed by atoms with Crippen LogP contribution in [0, 0.1) is 24.2 Å². The molecule has 2 N–H and O–H groups in total. The Balaban J connectivity index is 2.05. The van der Waals surface area contributed by atoms with Crippen LogP contribution >= 0.6 is 0 Å². The average molecular weight is 238 g/mol. The maximum absolute atomic E-state index is 11.8. The van der Waals surface area contributed by atoms with Crippen LogP contribution < -0.4 is 5.32 Å². The standard InChI is InChI=1S/C11H14N2O4/c1-5-4-17-10(12-5)13-8(14)6-7(9(15)16)11(6,2)3/h4,6-7H,1-3H3,(H,15,16)(H,12,13,14)/t6-,7+/m1/s1. The average Bonchev–Trinajstić information content (AvgIpc) is 2.54. The lowest BCUT2D eigenvalue weighted by molar-refractivity contribution is -0.140. The topological polar surface area (TPSA) is 92.4 Å². The largest absolute Gasteiger partial charge is 0.481 e. The number of anilines is 1. The maximum atomic E-state index is 11.8. The molecule has 0 aliphatic heterocycles. The van der Waals surface area contributed by atoms with Gasteiger partial charge in [-0.05, 0) is 12.3 Å². The van der Waals surface area contributed by atoms with Crippen LogP contribution in [0.15, 0.2) is 10.7 Å². The molecule has 0 spiro atoms. The summed E-state index contributed by atoms with van der Waals surface area (Å²) in [5.74, 6) is -2.48. The van der Waals surface area contributed by atoms with E-state index in [-0.39, 0.29) is 11.9 Å². The maximum Gasteiger partial charge on any atom is 0.307 e. The number of carboxylic acids is 1. The van der Waals surface area contributed by atoms with E-state index in [0.717, 1.165) is 0 Å². The van der Waals surface area contributed by atoms with Crippen molar-refractivity contribution < 1.29 is 19.1 Å². The summed E-state index contributed by atoms with van der Waals surface area (Å²) in [7, 11) is 0. The Bertz CT molecular complexity index is 478. The Morgan fingerprint density at radius 3 is 2.53 bits per heavy atom. The minimum atomic E-state index is -0.946. The highest BCUT2D eigenvalue weighted by atomic mass is 16.4. The number of carbonyl (C=O) groups excluding carboxylic acids is 1. The Morgan fingerprint density at radius 2 is 2.12 bits per heavy atom. The van der Waals surface area contributed by atoms with Gasteiger partial charge in [0.15, 0.2) is 0 Å². The van der Waals surface area contributed by atoms with Gasteiger partial charge in [0.1, 0.15) is 6.26 Å². The van der Waals surface area contributed by atoms with E-state index in [0.29, 0.717) is 5.69 Å². The number of oxazole rings is 1. The monoisotopic (exact) mass is 238 g/mol. The zero-order chi connectivity index (χ0) is 12.8. The summed E-state index contributed by atoms with van der Waals surface area (Å²) in [4.78, 5) is 26.7. The molecule has 1 fully saturated rings. The van der Waals surface area contributed by atoms with Gasteiger partial charge in [0.2, 0.25) is 5.91 Å². The van der Waals surface area contributed by atoms with Gasteiger partial charge in [-0.25, -0.2) is 0 Å². The van der Waals surface area contributed by atoms with Crippen LogP contribution in [0.1, 0.15) is 19.5 Å². The second-order valence-electron chi connectivity index (χ2n) is 4.90. The number of aryl methyl sites for hydroxylation is 1. The number of nitrogens with one attached hydrogen (secondary N) is 1. The second kappa shape index (κ2) is 3.58. The second-order valence-corrected chi connectivity index (χ2v) is 4.90. The third-order valence-corrected chi connectivity index (χ3v) is 3.23. The molecule has 92 valence electrons. The quantitative estimate of drug-likeness (QED) is 0.827. The van der Waals surface area contributed by atoms with Crippen LogP contribution in [0.25, 0.3) is 0 Å². The number of hydrogen-bond acceptors (Lipinski definition) is 4. The van der Waals surface area contributed by atoms with Crippen molar-refractivity contribution in [1.29, 1.82) is 0 Å². The van der Waals surface area contributed by atoms with Gasteiger partial charge in [-0.1, -0.05) is 13.8 Å². The summed E-state index contributed by atoms with van der Waals surface area (Å²) in [6, 6.07) is 0.110. The van der Waals surface area contributed by atoms with E-state index < -0.39 is 23.2 Å². The van der Waals surface area contributed by atoms with Crippen LogP contribution in [0.5, 0.6) is 0 Å². The zero-order valence-corrected chi connectivity index (χ0v) is 9.85. The van der Waals surface area contributed by atoms with Crippen molar-refractivity contribution >= 4 is 17.9 Å². The summed E-state index contributed by atoms with van der Waals surface area (Å²) >= 11 is 0. The van der Waals surface area contributed by atoms with Crippen LogP contribution in [0.2, 0.25) is 0 Å². The Hall–Kier alpha value is -1.85. The van der Waals surface area contributed by atoms with Gasteiger partial charge in [-0.2, -0.15) is 4.98 Å². The fourth-order valence-electron chi connectivity index (χ4n) is 2.18. The van der Waals surface area contributed by atoms with Crippen molar-refractivity contribution in [3.8, 4) is 0 Å². The smallest absolute Gasteiger partial charge is 0.307 e. The molecule has 0 bridgehead atoms. The molecule has 2 rings (SSSR count). The molecular formula is C11H14N2O4. The van der Waals surface area contributed by atoms with Crippen LogP contribution in [0.4, 0.5) is 6.01 Å². The number of rotatable bonds is 3. The molecule has 1 aliphatic rings. The summed E-state index contributed by atoms with van der Waals surface area (Å²) in [6.07, 6.45) is 1.42. The van der Waals surface area contributed by atoms with Crippen molar-refractivity contribution in [2.75, 3.05) is 5.32 Å². The first-order valence-electron chi connectivity index (χ1n) is 5.30. The van der Waals surface area contributed by atoms with E-state index in [9.17, 15) is 9.59 Å². The predicted molar refractivity (Wildman–Crippen MR) is 58.3 cm³/mol. The summed E-state index contributed by atoms with van der Waals surface area (Å²) in [6.45, 7) is 5.26. The highest BCUT2D eigenvalue weighted by molar-refractivity contribution is 5.98. The molecule has 6 heteroatoms. The van der Waals surface area contributed by atoms with E-state index in [1.54, 1.807) is 20.8 Å². The molecule has 2 atom stereocenters. The van der Waals surface area contributed by atoms with Crippen molar-refractivity contribution in [2.45, 2.75) is 20.8 Å². The number of nitrogens with zero attached hydrogens (tertiary/aromatic N) is 1. The first-order valence-corrected chi connectivity index (χ1v) is 5.30. The number of hydrogen-bond donors (Lipinski definition) is 2. The van der Waals surface area contributed by atoms with Crippen molar-refractivity contribution in [3.05, 3.63) is 12.0 Å². The molecular weight excluding hydrogens is 224 g/mol. The van der Waals surface area contributed by atoms with Crippen LogP contribution in [-0.2, 0) is 9.59 Å². The number of amides is 1. The van der Waals surface area contributed by atoms with Crippen molar-refractivity contribution in [3.63, 3.8) is 0 Å². The van der Waals surface area contributed by atoms with Crippen LogP contribution in [0.3, 0.4) is 0 Å².